The number of amides is 3. The number of hydrogen-bond donors (Lipinski definition) is 2. The lowest BCUT2D eigenvalue weighted by Crippen LogP contribution is -2.50. The Labute approximate surface area is 197 Å². The molecule has 0 aliphatic carbocycles. The van der Waals surface area contributed by atoms with Crippen LogP contribution >= 0.6 is 0 Å². The van der Waals surface area contributed by atoms with E-state index in [4.69, 9.17) is 9.47 Å². The van der Waals surface area contributed by atoms with E-state index in [1.165, 1.54) is 0 Å². The van der Waals surface area contributed by atoms with E-state index in [1.807, 2.05) is 58.0 Å². The lowest BCUT2D eigenvalue weighted by molar-refractivity contribution is -0.124. The maximum atomic E-state index is 13.0. The second-order valence-electron chi connectivity index (χ2n) is 9.48. The molecule has 1 heterocycles. The average Bonchev–Trinajstić information content (AvgIpc) is 3.01. The Bertz CT molecular complexity index is 754. The van der Waals surface area contributed by atoms with Gasteiger partial charge in [0, 0.05) is 19.1 Å². The summed E-state index contributed by atoms with van der Waals surface area (Å²) in [5, 5.41) is 5.79. The molecule has 2 atom stereocenters. The quantitative estimate of drug-likeness (QED) is 0.577. The van der Waals surface area contributed by atoms with Gasteiger partial charge in [0.2, 0.25) is 5.91 Å². The van der Waals surface area contributed by atoms with Crippen LogP contribution in [0.5, 0.6) is 0 Å². The molecule has 8 heteroatoms. The first-order valence-electron chi connectivity index (χ1n) is 11.9. The van der Waals surface area contributed by atoms with Gasteiger partial charge in [-0.1, -0.05) is 58.0 Å². The highest BCUT2D eigenvalue weighted by Crippen LogP contribution is 2.14. The largest absolute Gasteiger partial charge is 0.449 e. The van der Waals surface area contributed by atoms with Crippen molar-refractivity contribution in [2.75, 3.05) is 19.7 Å². The molecule has 2 rings (SSSR count). The third-order valence-corrected chi connectivity index (χ3v) is 5.40. The zero-order chi connectivity index (χ0) is 24.2. The number of carbonyl (C=O) groups excluding carboxylic acids is 3. The molecule has 0 spiro atoms. The fourth-order valence-corrected chi connectivity index (χ4v) is 3.66. The van der Waals surface area contributed by atoms with E-state index in [-0.39, 0.29) is 36.5 Å². The molecule has 8 nitrogen and oxygen atoms in total. The molecule has 1 saturated heterocycles. The maximum absolute atomic E-state index is 13.0. The summed E-state index contributed by atoms with van der Waals surface area (Å²) in [7, 11) is 0. The molecule has 1 aliphatic rings. The molecule has 1 unspecified atom stereocenters. The van der Waals surface area contributed by atoms with Crippen molar-refractivity contribution in [2.45, 2.75) is 72.1 Å². The summed E-state index contributed by atoms with van der Waals surface area (Å²) in [5.41, 5.74) is 0.882. The van der Waals surface area contributed by atoms with Crippen molar-refractivity contribution in [1.29, 1.82) is 0 Å². The van der Waals surface area contributed by atoms with Crippen LogP contribution in [0.4, 0.5) is 9.59 Å². The molecule has 33 heavy (non-hydrogen) atoms. The Balaban J connectivity index is 1.85. The lowest BCUT2D eigenvalue weighted by atomic mass is 10.0. The highest BCUT2D eigenvalue weighted by molar-refractivity contribution is 5.85. The zero-order valence-corrected chi connectivity index (χ0v) is 20.3. The van der Waals surface area contributed by atoms with Gasteiger partial charge in [-0.15, -0.1) is 0 Å². The highest BCUT2D eigenvalue weighted by Gasteiger charge is 2.27. The number of nitrogens with zero attached hydrogens (tertiary/aromatic N) is 1. The van der Waals surface area contributed by atoms with Gasteiger partial charge in [-0.25, -0.2) is 9.59 Å². The van der Waals surface area contributed by atoms with E-state index in [1.54, 1.807) is 4.90 Å². The molecule has 1 fully saturated rings. The number of nitrogens with one attached hydrogen (secondary N) is 2. The van der Waals surface area contributed by atoms with Crippen molar-refractivity contribution in [3.05, 3.63) is 35.9 Å². The highest BCUT2D eigenvalue weighted by atomic mass is 16.6. The van der Waals surface area contributed by atoms with E-state index in [9.17, 15) is 14.4 Å². The van der Waals surface area contributed by atoms with Crippen molar-refractivity contribution < 1.29 is 23.9 Å². The van der Waals surface area contributed by atoms with Gasteiger partial charge < -0.3 is 25.0 Å². The molecule has 1 aliphatic heterocycles. The third-order valence-electron chi connectivity index (χ3n) is 5.40. The lowest BCUT2D eigenvalue weighted by Gasteiger charge is -2.24. The molecule has 0 aromatic heterocycles. The Hall–Kier alpha value is -2.77. The molecule has 0 saturated carbocycles. The first-order chi connectivity index (χ1) is 15.7. The fourth-order valence-electron chi connectivity index (χ4n) is 3.66. The van der Waals surface area contributed by atoms with E-state index in [0.29, 0.717) is 32.5 Å². The van der Waals surface area contributed by atoms with Crippen molar-refractivity contribution in [2.24, 2.45) is 11.8 Å². The Morgan fingerprint density at radius 1 is 1.00 bits per heavy atom. The summed E-state index contributed by atoms with van der Waals surface area (Å²) in [4.78, 5) is 39.3. The average molecular weight is 462 g/mol. The zero-order valence-electron chi connectivity index (χ0n) is 20.3. The van der Waals surface area contributed by atoms with Crippen molar-refractivity contribution in [1.82, 2.24) is 15.5 Å². The standard InChI is InChI=1S/C25H39N3O5/c1-18(2)15-22(27-24(30)32-17-20-9-6-5-7-10-20)23(29)26-21-11-8-13-28(14-12-21)25(31)33-16-19(3)4/h5-7,9-10,18-19,21-22H,8,11-17H2,1-4H3,(H,26,29)(H,27,30)/t21?,22-/m0/s1. The third kappa shape index (κ3) is 10.1. The van der Waals surface area contributed by atoms with Crippen LogP contribution in [0.25, 0.3) is 0 Å². The van der Waals surface area contributed by atoms with Crippen molar-refractivity contribution in [3.8, 4) is 0 Å². The minimum atomic E-state index is -0.677. The van der Waals surface area contributed by atoms with Crippen LogP contribution in [0, 0.1) is 11.8 Å². The molecule has 3 amide bonds. The minimum Gasteiger partial charge on any atom is -0.449 e. The summed E-state index contributed by atoms with van der Waals surface area (Å²) in [6, 6.07) is 8.67. The molecular weight excluding hydrogens is 422 g/mol. The van der Waals surface area contributed by atoms with Crippen LogP contribution in [0.2, 0.25) is 0 Å². The summed E-state index contributed by atoms with van der Waals surface area (Å²) in [6.45, 7) is 9.70. The van der Waals surface area contributed by atoms with Crippen molar-refractivity contribution in [3.63, 3.8) is 0 Å². The van der Waals surface area contributed by atoms with E-state index in [0.717, 1.165) is 18.4 Å². The smallest absolute Gasteiger partial charge is 0.409 e. The molecule has 2 N–H and O–H groups in total. The van der Waals surface area contributed by atoms with Crippen LogP contribution in [0.1, 0.15) is 58.9 Å². The second-order valence-corrected chi connectivity index (χ2v) is 9.48. The number of alkyl carbamates (subject to hydrolysis) is 1. The van der Waals surface area contributed by atoms with E-state index < -0.39 is 12.1 Å². The van der Waals surface area contributed by atoms with E-state index in [2.05, 4.69) is 10.6 Å². The van der Waals surface area contributed by atoms with E-state index >= 15 is 0 Å². The Kier molecular flexibility index (Phi) is 11.0. The van der Waals surface area contributed by atoms with Gasteiger partial charge in [-0.3, -0.25) is 4.79 Å². The minimum absolute atomic E-state index is 0.0581. The van der Waals surface area contributed by atoms with Crippen molar-refractivity contribution >= 4 is 18.1 Å². The Morgan fingerprint density at radius 2 is 1.73 bits per heavy atom. The summed E-state index contributed by atoms with van der Waals surface area (Å²) in [6.07, 6.45) is 1.80. The van der Waals surface area contributed by atoms with Crippen LogP contribution in [-0.4, -0.2) is 54.8 Å². The maximum Gasteiger partial charge on any atom is 0.409 e. The van der Waals surface area contributed by atoms with Crippen LogP contribution in [-0.2, 0) is 20.9 Å². The number of hydrogen-bond acceptors (Lipinski definition) is 5. The molecular formula is C25H39N3O5. The molecule has 0 radical (unpaired) electrons. The topological polar surface area (TPSA) is 97.0 Å². The molecule has 1 aromatic carbocycles. The number of carbonyl (C=O) groups is 3. The number of likely N-dealkylation sites (tertiary alicyclic amines) is 1. The number of rotatable bonds is 9. The SMILES string of the molecule is CC(C)COC(=O)N1CCCC(NC(=O)[C@H](CC(C)C)NC(=O)OCc2ccccc2)CC1. The number of benzene rings is 1. The number of ether oxygens (including phenoxy) is 2. The first-order valence-corrected chi connectivity index (χ1v) is 11.9. The normalized spacial score (nSPS) is 17.3. The predicted molar refractivity (Wildman–Crippen MR) is 127 cm³/mol. The van der Waals surface area contributed by atoms with Gasteiger partial charge in [0.1, 0.15) is 12.6 Å². The second kappa shape index (κ2) is 13.7. The van der Waals surface area contributed by atoms with Gasteiger partial charge in [-0.05, 0) is 43.1 Å². The predicted octanol–water partition coefficient (Wildman–Crippen LogP) is 4.09. The van der Waals surface area contributed by atoms with Gasteiger partial charge in [0.15, 0.2) is 0 Å². The first kappa shape index (κ1) is 26.5. The Morgan fingerprint density at radius 3 is 2.39 bits per heavy atom. The molecule has 0 bridgehead atoms. The summed E-state index contributed by atoms with van der Waals surface area (Å²) >= 11 is 0. The molecule has 184 valence electrons. The summed E-state index contributed by atoms with van der Waals surface area (Å²) < 4.78 is 10.6. The van der Waals surface area contributed by atoms with Crippen LogP contribution in [0.15, 0.2) is 30.3 Å². The van der Waals surface area contributed by atoms with Crippen LogP contribution in [0.3, 0.4) is 0 Å². The van der Waals surface area contributed by atoms with Gasteiger partial charge in [0.05, 0.1) is 6.61 Å². The van der Waals surface area contributed by atoms with Gasteiger partial charge in [0.25, 0.3) is 0 Å². The van der Waals surface area contributed by atoms with Crippen LogP contribution < -0.4 is 10.6 Å². The molecule has 1 aromatic rings. The summed E-state index contributed by atoms with van der Waals surface area (Å²) in [5.74, 6) is 0.287. The fraction of sp³-hybridized carbons (Fsp3) is 0.640. The van der Waals surface area contributed by atoms with Gasteiger partial charge >= 0.3 is 12.2 Å². The van der Waals surface area contributed by atoms with Gasteiger partial charge in [-0.2, -0.15) is 0 Å². The monoisotopic (exact) mass is 461 g/mol.